The Bertz CT molecular complexity index is 2040. The number of nitrogens with one attached hydrogen (secondary N) is 1. The monoisotopic (exact) mass is 855 g/mol. The molecule has 10 atom stereocenters. The third-order valence-electron chi connectivity index (χ3n) is 8.05. The number of nitrogens with zero attached hydrogens (tertiary/aromatic N) is 8. The first kappa shape index (κ1) is 42.7. The number of imidazole rings is 1. The van der Waals surface area contributed by atoms with Crippen LogP contribution in [-0.2, 0) is 41.7 Å². The number of anilines is 2. The van der Waals surface area contributed by atoms with Crippen LogP contribution in [0.1, 0.15) is 25.3 Å². The third-order valence-corrected chi connectivity index (χ3v) is 11.7. The molecule has 55 heavy (non-hydrogen) atoms. The first-order valence-corrected chi connectivity index (χ1v) is 21.5. The summed E-state index contributed by atoms with van der Waals surface area (Å²) in [6, 6.07) is 0.0278. The minimum Gasteiger partial charge on any atom is -0.455 e. The van der Waals surface area contributed by atoms with Gasteiger partial charge in [0.05, 0.1) is 19.5 Å². The summed E-state index contributed by atoms with van der Waals surface area (Å²) in [7, 11) is -7.50. The fraction of sp³-hybridized carbons (Fsp3) is 0.600. The van der Waals surface area contributed by atoms with Crippen molar-refractivity contribution < 1.29 is 61.5 Å². The van der Waals surface area contributed by atoms with E-state index in [1.165, 1.54) is 44.7 Å². The average Bonchev–Trinajstić information content (AvgIpc) is 3.80. The largest absolute Gasteiger partial charge is 0.472 e. The van der Waals surface area contributed by atoms with Gasteiger partial charge in [-0.15, -0.1) is 0 Å². The van der Waals surface area contributed by atoms with Crippen LogP contribution in [0.2, 0.25) is 0 Å². The van der Waals surface area contributed by atoms with Crippen LogP contribution in [0.25, 0.3) is 11.2 Å². The molecule has 0 radical (unpaired) electrons. The van der Waals surface area contributed by atoms with Gasteiger partial charge in [0.1, 0.15) is 71.5 Å². The Morgan fingerprint density at radius 1 is 1.16 bits per heavy atom. The van der Waals surface area contributed by atoms with Gasteiger partial charge in [-0.25, -0.2) is 28.9 Å². The van der Waals surface area contributed by atoms with E-state index < -0.39 is 89.5 Å². The van der Waals surface area contributed by atoms with Gasteiger partial charge in [0.25, 0.3) is 0 Å². The van der Waals surface area contributed by atoms with Crippen LogP contribution in [-0.4, -0.2) is 123 Å². The molecule has 2 unspecified atom stereocenters. The molecule has 2 aliphatic rings. The molecule has 5 rings (SSSR count). The molecule has 0 amide bonds. The maximum atomic E-state index is 13.4. The highest BCUT2D eigenvalue weighted by atomic mass is 33.1. The molecule has 3 aromatic rings. The quantitative estimate of drug-likeness (QED) is 0.0249. The van der Waals surface area contributed by atoms with Gasteiger partial charge in [0.15, 0.2) is 23.8 Å². The summed E-state index contributed by atoms with van der Waals surface area (Å²) in [4.78, 5) is 73.8. The Morgan fingerprint density at radius 2 is 1.91 bits per heavy atom. The van der Waals surface area contributed by atoms with Gasteiger partial charge in [-0.3, -0.25) is 27.5 Å². The number of aromatic nitrogens is 6. The highest BCUT2D eigenvalue weighted by Crippen LogP contribution is 2.50. The number of nitrogens with two attached hydrogens (primary N) is 3. The number of esters is 1. The molecular formula is C25H37N12O14P2S2+. The Kier molecular flexibility index (Phi) is 14.2. The van der Waals surface area contributed by atoms with Crippen LogP contribution in [0.15, 0.2) is 34.8 Å². The summed E-state index contributed by atoms with van der Waals surface area (Å²) >= 11 is 0. The summed E-state index contributed by atoms with van der Waals surface area (Å²) in [5, 5.41) is 14.8. The molecule has 0 spiro atoms. The van der Waals surface area contributed by atoms with Gasteiger partial charge < -0.3 is 51.2 Å². The molecular weight excluding hydrogens is 818 g/mol. The Balaban J connectivity index is 1.34. The number of rotatable bonds is 18. The van der Waals surface area contributed by atoms with Crippen molar-refractivity contribution in [2.45, 2.75) is 67.1 Å². The third kappa shape index (κ3) is 10.9. The lowest BCUT2D eigenvalue weighted by Gasteiger charge is -2.25. The van der Waals surface area contributed by atoms with Crippen LogP contribution >= 0.6 is 37.2 Å². The molecule has 30 heteroatoms. The summed E-state index contributed by atoms with van der Waals surface area (Å²) in [5.74, 6) is -1.06. The number of carbonyl (C=O) groups excluding carboxylic acids is 1. The summed E-state index contributed by atoms with van der Waals surface area (Å²) in [6.07, 6.45) is -5.05. The predicted molar refractivity (Wildman–Crippen MR) is 189 cm³/mol. The van der Waals surface area contributed by atoms with Gasteiger partial charge in [0, 0.05) is 17.9 Å². The van der Waals surface area contributed by atoms with Gasteiger partial charge >= 0.3 is 27.3 Å². The van der Waals surface area contributed by atoms with Crippen molar-refractivity contribution in [3.63, 3.8) is 0 Å². The van der Waals surface area contributed by atoms with Crippen molar-refractivity contribution in [2.24, 2.45) is 10.8 Å². The normalized spacial score (nSPS) is 26.3. The summed E-state index contributed by atoms with van der Waals surface area (Å²) in [6.45, 7) is -1.61. The number of aliphatic hydroxyl groups excluding tert-OH is 1. The number of ether oxygens (including phenoxy) is 3. The van der Waals surface area contributed by atoms with E-state index in [4.69, 9.17) is 46.0 Å². The molecule has 5 heterocycles. The van der Waals surface area contributed by atoms with Crippen molar-refractivity contribution in [2.75, 3.05) is 37.5 Å². The molecule has 2 fully saturated rings. The van der Waals surface area contributed by atoms with Crippen molar-refractivity contribution in [1.82, 2.24) is 34.0 Å². The van der Waals surface area contributed by atoms with E-state index in [0.29, 0.717) is 0 Å². The smallest absolute Gasteiger partial charge is 0.455 e. The second kappa shape index (κ2) is 18.2. The molecule has 2 saturated heterocycles. The number of fused-ring (bicyclic) bond motifs is 1. The fourth-order valence-electron chi connectivity index (χ4n) is 5.62. The fourth-order valence-corrected chi connectivity index (χ4v) is 8.84. The maximum Gasteiger partial charge on any atom is 0.472 e. The Morgan fingerprint density at radius 3 is 2.60 bits per heavy atom. The highest BCUT2D eigenvalue weighted by molar-refractivity contribution is 8.76. The molecule has 0 aliphatic carbocycles. The second-order valence-electron chi connectivity index (χ2n) is 11.8. The minimum atomic E-state index is -5.17. The van der Waals surface area contributed by atoms with Gasteiger partial charge in [-0.05, 0) is 18.7 Å². The molecule has 11 N–H and O–H groups in total. The first-order chi connectivity index (χ1) is 26.0. The van der Waals surface area contributed by atoms with Crippen LogP contribution in [0.4, 0.5) is 11.6 Å². The zero-order valence-electron chi connectivity index (χ0n) is 28.4. The topological polar surface area (TPSA) is 394 Å². The number of hydrogen-bond acceptors (Lipinski definition) is 22. The van der Waals surface area contributed by atoms with Gasteiger partial charge in [-0.2, -0.15) is 4.98 Å². The summed E-state index contributed by atoms with van der Waals surface area (Å²) in [5.41, 5.74) is 24.0. The van der Waals surface area contributed by atoms with Gasteiger partial charge in [-0.1, -0.05) is 21.6 Å². The van der Waals surface area contributed by atoms with Crippen LogP contribution < -0.4 is 27.8 Å². The van der Waals surface area contributed by atoms with E-state index in [1.807, 2.05) is 0 Å². The number of hydrogen-bond donors (Lipinski definition) is 8. The summed E-state index contributed by atoms with van der Waals surface area (Å²) < 4.78 is 59.5. The van der Waals surface area contributed by atoms with Crippen molar-refractivity contribution in [1.29, 1.82) is 5.53 Å². The number of phosphoric ester groups is 2. The minimum absolute atomic E-state index is 0.0196. The standard InChI is InChI=1S/C25H36N12O14P2S2/c1-54-55-11(6-33-35-29)4-12(26)24(39)50-20-15(49-23(19(20)38)37-10-32-18-21(28)30-9-31-22(18)37)8-47-53(44,45)51-13-5-17(36-3-2-16(27)34-25(36)40)48-14(13)7-46-52(41,42)43/h2-3,9-15,17,19-20,23,29,38H,4-8,26H2,1H3,(H6-,27,28,30,31,34,40,41,42,43,44,45)/p+1/t11?,12-,13-,14+,15+,17+,19+,20+,23+/m0/s1. The van der Waals surface area contributed by atoms with Crippen molar-refractivity contribution in [3.05, 3.63) is 35.4 Å². The van der Waals surface area contributed by atoms with E-state index in [0.717, 1.165) is 10.9 Å². The zero-order valence-corrected chi connectivity index (χ0v) is 31.9. The first-order valence-electron chi connectivity index (χ1n) is 15.8. The molecule has 3 aromatic heterocycles. The lowest BCUT2D eigenvalue weighted by atomic mass is 10.1. The second-order valence-corrected chi connectivity index (χ2v) is 17.2. The lowest BCUT2D eigenvalue weighted by molar-refractivity contribution is -0.158. The molecule has 26 nitrogen and oxygen atoms in total. The molecule has 0 bridgehead atoms. The number of nitrogen functional groups attached to an aromatic ring is 2. The van der Waals surface area contributed by atoms with E-state index in [-0.39, 0.29) is 47.4 Å². The van der Waals surface area contributed by atoms with E-state index >= 15 is 0 Å². The SMILES string of the molecule is CSSC(CN=[N+]=N)C[C@H](N)C(=O)O[C@H]1[C@@H](O)[C@H](n2cnc3c(N)ncnc32)O[C@@H]1COP(=O)(O)O[C@H]1C[C@H](n2ccc(N)nc2=O)O[C@@H]1COP(=O)(O)O. The Hall–Kier alpha value is -3.43. The number of phosphoric acid groups is 2. The zero-order chi connectivity index (χ0) is 40.1. The predicted octanol–water partition coefficient (Wildman–Crippen LogP) is -1.04. The number of aliphatic hydroxyl groups is 1. The number of carbonyl (C=O) groups is 1. The van der Waals surface area contributed by atoms with Crippen molar-refractivity contribution in [3.8, 4) is 0 Å². The van der Waals surface area contributed by atoms with Crippen LogP contribution in [0.3, 0.4) is 0 Å². The highest BCUT2D eigenvalue weighted by Gasteiger charge is 2.50. The molecule has 2 aliphatic heterocycles. The van der Waals surface area contributed by atoms with E-state index in [2.05, 4.69) is 34.5 Å². The average molecular weight is 856 g/mol. The van der Waals surface area contributed by atoms with E-state index in [9.17, 15) is 38.5 Å². The van der Waals surface area contributed by atoms with Crippen LogP contribution in [0, 0.1) is 5.53 Å². The molecule has 0 saturated carbocycles. The van der Waals surface area contributed by atoms with Gasteiger partial charge in [0.2, 0.25) is 4.91 Å². The van der Waals surface area contributed by atoms with Crippen molar-refractivity contribution >= 4 is 66.0 Å². The maximum absolute atomic E-state index is 13.4. The van der Waals surface area contributed by atoms with E-state index in [1.54, 1.807) is 6.26 Å². The molecule has 302 valence electrons. The Labute approximate surface area is 317 Å². The molecule has 0 aromatic carbocycles. The van der Waals surface area contributed by atoms with Crippen LogP contribution in [0.5, 0.6) is 0 Å². The lowest BCUT2D eigenvalue weighted by Crippen LogP contribution is -2.44.